The van der Waals surface area contributed by atoms with Gasteiger partial charge < -0.3 is 10.2 Å². The van der Waals surface area contributed by atoms with Crippen molar-refractivity contribution in [3.8, 4) is 0 Å². The van der Waals surface area contributed by atoms with Crippen LogP contribution in [0.1, 0.15) is 32.1 Å². The molecule has 3 rings (SSSR count). The molecule has 0 aromatic carbocycles. The first-order chi connectivity index (χ1) is 8.46. The number of carbonyl (C=O) groups is 2. The van der Waals surface area contributed by atoms with Crippen molar-refractivity contribution in [2.45, 2.75) is 50.1 Å². The molecule has 1 N–H and O–H groups in total. The zero-order chi connectivity index (χ0) is 12.9. The van der Waals surface area contributed by atoms with Gasteiger partial charge in [0.2, 0.25) is 17.7 Å². The van der Waals surface area contributed by atoms with E-state index in [1.54, 1.807) is 4.90 Å². The number of rotatable bonds is 1. The summed E-state index contributed by atoms with van der Waals surface area (Å²) in [6.07, 6.45) is 1.19. The summed E-state index contributed by atoms with van der Waals surface area (Å²) in [5.74, 6) is -3.29. The third kappa shape index (κ3) is 1.87. The summed E-state index contributed by atoms with van der Waals surface area (Å²) in [7, 11) is 0. The topological polar surface area (TPSA) is 49.4 Å². The first kappa shape index (κ1) is 11.9. The lowest BCUT2D eigenvalue weighted by molar-refractivity contribution is -0.161. The Morgan fingerprint density at radius 2 is 2.06 bits per heavy atom. The summed E-state index contributed by atoms with van der Waals surface area (Å²) in [5.41, 5.74) is 0. The van der Waals surface area contributed by atoms with Gasteiger partial charge in [-0.2, -0.15) is 0 Å². The molecule has 0 aromatic heterocycles. The minimum atomic E-state index is -2.65. The molecule has 1 aliphatic carbocycles. The maximum absolute atomic E-state index is 12.8. The van der Waals surface area contributed by atoms with Gasteiger partial charge in [-0.15, -0.1) is 0 Å². The van der Waals surface area contributed by atoms with Crippen molar-refractivity contribution in [1.29, 1.82) is 0 Å². The fourth-order valence-corrected chi connectivity index (χ4v) is 3.28. The molecule has 2 saturated heterocycles. The fourth-order valence-electron chi connectivity index (χ4n) is 3.28. The standard InChI is InChI=1S/C12H16F2N2O2/c13-12(14)5-7(6-12)11(18)16-4-3-8-9(16)1-2-10(17)15-8/h7-9H,1-6H2,(H,15,17)/t8-,9-/m0/s1. The van der Waals surface area contributed by atoms with Crippen LogP contribution in [-0.2, 0) is 9.59 Å². The van der Waals surface area contributed by atoms with Gasteiger partial charge in [0.15, 0.2) is 0 Å². The van der Waals surface area contributed by atoms with E-state index in [2.05, 4.69) is 5.32 Å². The number of alkyl halides is 2. The highest BCUT2D eigenvalue weighted by atomic mass is 19.3. The maximum atomic E-state index is 12.8. The molecular weight excluding hydrogens is 242 g/mol. The predicted octanol–water partition coefficient (Wildman–Crippen LogP) is 0.911. The van der Waals surface area contributed by atoms with Gasteiger partial charge in [0.25, 0.3) is 0 Å². The lowest BCUT2D eigenvalue weighted by atomic mass is 9.80. The Labute approximate surface area is 104 Å². The third-order valence-corrected chi connectivity index (χ3v) is 4.28. The van der Waals surface area contributed by atoms with Crippen molar-refractivity contribution in [1.82, 2.24) is 10.2 Å². The molecule has 3 fully saturated rings. The number of fused-ring (bicyclic) bond motifs is 1. The third-order valence-electron chi connectivity index (χ3n) is 4.28. The lowest BCUT2D eigenvalue weighted by Crippen LogP contribution is -2.54. The highest BCUT2D eigenvalue weighted by molar-refractivity contribution is 5.82. The molecule has 2 atom stereocenters. The average Bonchev–Trinajstić information content (AvgIpc) is 2.67. The van der Waals surface area contributed by atoms with Crippen LogP contribution in [0.3, 0.4) is 0 Å². The number of nitrogens with zero attached hydrogens (tertiary/aromatic N) is 1. The predicted molar refractivity (Wildman–Crippen MR) is 59.0 cm³/mol. The molecule has 0 bridgehead atoms. The molecule has 1 saturated carbocycles. The summed E-state index contributed by atoms with van der Waals surface area (Å²) < 4.78 is 25.6. The number of likely N-dealkylation sites (tertiary alicyclic amines) is 1. The Morgan fingerprint density at radius 1 is 1.33 bits per heavy atom. The van der Waals surface area contributed by atoms with E-state index in [1.165, 1.54) is 0 Å². The van der Waals surface area contributed by atoms with E-state index in [0.29, 0.717) is 19.4 Å². The van der Waals surface area contributed by atoms with Crippen LogP contribution in [0.25, 0.3) is 0 Å². The van der Waals surface area contributed by atoms with Gasteiger partial charge in [-0.1, -0.05) is 0 Å². The van der Waals surface area contributed by atoms with Gasteiger partial charge in [0.05, 0.1) is 12.1 Å². The Balaban J connectivity index is 1.64. The van der Waals surface area contributed by atoms with Crippen LogP contribution in [-0.4, -0.2) is 41.3 Å². The van der Waals surface area contributed by atoms with E-state index in [1.807, 2.05) is 0 Å². The van der Waals surface area contributed by atoms with Crippen LogP contribution in [0.2, 0.25) is 0 Å². The summed E-state index contributed by atoms with van der Waals surface area (Å²) in [6, 6.07) is 0.0419. The molecule has 100 valence electrons. The first-order valence-electron chi connectivity index (χ1n) is 6.44. The number of hydrogen-bond donors (Lipinski definition) is 1. The van der Waals surface area contributed by atoms with Gasteiger partial charge in [0, 0.05) is 31.7 Å². The van der Waals surface area contributed by atoms with Crippen LogP contribution in [0, 0.1) is 5.92 Å². The largest absolute Gasteiger partial charge is 0.351 e. The van der Waals surface area contributed by atoms with Gasteiger partial charge >= 0.3 is 0 Å². The molecule has 0 spiro atoms. The molecule has 2 heterocycles. The van der Waals surface area contributed by atoms with Gasteiger partial charge in [-0.25, -0.2) is 8.78 Å². The van der Waals surface area contributed by atoms with E-state index < -0.39 is 11.8 Å². The number of carbonyl (C=O) groups excluding carboxylic acids is 2. The Bertz CT molecular complexity index is 392. The smallest absolute Gasteiger partial charge is 0.249 e. The summed E-state index contributed by atoms with van der Waals surface area (Å²) in [5, 5.41) is 2.87. The van der Waals surface area contributed by atoms with Crippen molar-refractivity contribution in [3.05, 3.63) is 0 Å². The second kappa shape index (κ2) is 3.90. The molecule has 0 unspecified atom stereocenters. The van der Waals surface area contributed by atoms with E-state index >= 15 is 0 Å². The van der Waals surface area contributed by atoms with Crippen LogP contribution < -0.4 is 5.32 Å². The second-order valence-electron chi connectivity index (χ2n) is 5.56. The van der Waals surface area contributed by atoms with Crippen molar-refractivity contribution in [3.63, 3.8) is 0 Å². The number of amides is 2. The average molecular weight is 258 g/mol. The molecule has 0 radical (unpaired) electrons. The Hall–Kier alpha value is -1.20. The normalized spacial score (nSPS) is 34.8. The second-order valence-corrected chi connectivity index (χ2v) is 5.56. The monoisotopic (exact) mass is 258 g/mol. The van der Waals surface area contributed by atoms with Crippen molar-refractivity contribution < 1.29 is 18.4 Å². The number of piperidine rings is 1. The quantitative estimate of drug-likeness (QED) is 0.760. The summed E-state index contributed by atoms with van der Waals surface area (Å²) in [6.45, 7) is 0.580. The highest BCUT2D eigenvalue weighted by Gasteiger charge is 2.52. The fraction of sp³-hybridized carbons (Fsp3) is 0.833. The molecule has 2 aliphatic heterocycles. The van der Waals surface area contributed by atoms with E-state index in [-0.39, 0.29) is 36.7 Å². The van der Waals surface area contributed by atoms with E-state index in [0.717, 1.165) is 6.42 Å². The van der Waals surface area contributed by atoms with Gasteiger partial charge in [0.1, 0.15) is 0 Å². The zero-order valence-corrected chi connectivity index (χ0v) is 9.99. The minimum absolute atomic E-state index is 0.0180. The van der Waals surface area contributed by atoms with Gasteiger partial charge in [-0.05, 0) is 12.8 Å². The Morgan fingerprint density at radius 3 is 2.72 bits per heavy atom. The SMILES string of the molecule is O=C1CC[C@H]2[C@H](CCN2C(=O)C2CC(F)(F)C2)N1. The van der Waals surface area contributed by atoms with Crippen LogP contribution in [0.5, 0.6) is 0 Å². The van der Waals surface area contributed by atoms with E-state index in [4.69, 9.17) is 0 Å². The first-order valence-corrected chi connectivity index (χ1v) is 6.44. The van der Waals surface area contributed by atoms with Crippen LogP contribution in [0.15, 0.2) is 0 Å². The molecular formula is C12H16F2N2O2. The number of nitrogens with one attached hydrogen (secondary N) is 1. The van der Waals surface area contributed by atoms with Crippen LogP contribution in [0.4, 0.5) is 8.78 Å². The van der Waals surface area contributed by atoms with Crippen molar-refractivity contribution in [2.75, 3.05) is 6.54 Å². The molecule has 3 aliphatic rings. The van der Waals surface area contributed by atoms with Crippen molar-refractivity contribution in [2.24, 2.45) is 5.92 Å². The van der Waals surface area contributed by atoms with E-state index in [9.17, 15) is 18.4 Å². The number of hydrogen-bond acceptors (Lipinski definition) is 2. The highest BCUT2D eigenvalue weighted by Crippen LogP contribution is 2.44. The lowest BCUT2D eigenvalue weighted by Gasteiger charge is -2.39. The summed E-state index contributed by atoms with van der Waals surface area (Å²) >= 11 is 0. The minimum Gasteiger partial charge on any atom is -0.351 e. The maximum Gasteiger partial charge on any atom is 0.249 e. The Kier molecular flexibility index (Phi) is 2.57. The number of halogens is 2. The van der Waals surface area contributed by atoms with Crippen molar-refractivity contribution >= 4 is 11.8 Å². The molecule has 18 heavy (non-hydrogen) atoms. The molecule has 4 nitrogen and oxygen atoms in total. The molecule has 2 amide bonds. The molecule has 6 heteroatoms. The summed E-state index contributed by atoms with van der Waals surface area (Å²) in [4.78, 5) is 25.1. The van der Waals surface area contributed by atoms with Crippen LogP contribution >= 0.6 is 0 Å². The molecule has 0 aromatic rings. The zero-order valence-electron chi connectivity index (χ0n) is 9.99. The van der Waals surface area contributed by atoms with Gasteiger partial charge in [-0.3, -0.25) is 9.59 Å².